The van der Waals surface area contributed by atoms with Crippen LogP contribution in [0.1, 0.15) is 43.7 Å². The maximum Gasteiger partial charge on any atom is 0.303 e. The number of aliphatic carboxylic acids is 1. The summed E-state index contributed by atoms with van der Waals surface area (Å²) >= 11 is 3.07. The monoisotopic (exact) mass is 327 g/mol. The van der Waals surface area contributed by atoms with Gasteiger partial charge in [0.05, 0.1) is 17.4 Å². The molecule has 1 unspecified atom stereocenters. The number of unbranched alkanes of at least 4 members (excludes halogenated alkanes) is 1. The summed E-state index contributed by atoms with van der Waals surface area (Å²) in [6.07, 6.45) is 4.53. The second-order valence-electron chi connectivity index (χ2n) is 5.90. The standard InChI is InChI=1S/C14H21N3O2S2/c18-12(19)3-1-2-8-20-14-13(15-21-16-14)11-9-17-6-4-10(11)5-7-17/h10-11H,1-9H2,(H,18,19). The van der Waals surface area contributed by atoms with Crippen molar-refractivity contribution in [2.24, 2.45) is 5.92 Å². The van der Waals surface area contributed by atoms with E-state index in [0.29, 0.717) is 5.92 Å². The van der Waals surface area contributed by atoms with Gasteiger partial charge in [0, 0.05) is 18.9 Å². The molecule has 1 aromatic heterocycles. The Morgan fingerprint density at radius 3 is 2.81 bits per heavy atom. The second kappa shape index (κ2) is 7.07. The fraction of sp³-hybridized carbons (Fsp3) is 0.786. The van der Waals surface area contributed by atoms with Crippen molar-refractivity contribution in [2.75, 3.05) is 25.4 Å². The van der Waals surface area contributed by atoms with Gasteiger partial charge in [-0.25, -0.2) is 0 Å². The number of aromatic nitrogens is 2. The van der Waals surface area contributed by atoms with Crippen molar-refractivity contribution in [3.8, 4) is 0 Å². The number of carboxylic acids is 1. The van der Waals surface area contributed by atoms with E-state index >= 15 is 0 Å². The largest absolute Gasteiger partial charge is 0.481 e. The quantitative estimate of drug-likeness (QED) is 0.613. The van der Waals surface area contributed by atoms with Gasteiger partial charge < -0.3 is 10.0 Å². The summed E-state index contributed by atoms with van der Waals surface area (Å²) in [5.41, 5.74) is 1.21. The van der Waals surface area contributed by atoms with Crippen molar-refractivity contribution in [1.82, 2.24) is 13.6 Å². The van der Waals surface area contributed by atoms with E-state index in [2.05, 4.69) is 13.6 Å². The Hall–Kier alpha value is -0.660. The molecule has 0 saturated carbocycles. The summed E-state index contributed by atoms with van der Waals surface area (Å²) in [4.78, 5) is 13.0. The SMILES string of the molecule is O=C(O)CCCCSc1nsnc1C1CN2CCC1CC2. The first-order chi connectivity index (χ1) is 10.2. The smallest absolute Gasteiger partial charge is 0.303 e. The molecule has 0 spiro atoms. The molecule has 0 radical (unpaired) electrons. The summed E-state index contributed by atoms with van der Waals surface area (Å²) in [5.74, 6) is 1.58. The van der Waals surface area contributed by atoms with Crippen LogP contribution in [-0.4, -0.2) is 50.1 Å². The van der Waals surface area contributed by atoms with Gasteiger partial charge >= 0.3 is 5.97 Å². The van der Waals surface area contributed by atoms with Crippen molar-refractivity contribution < 1.29 is 9.90 Å². The lowest BCUT2D eigenvalue weighted by molar-refractivity contribution is -0.137. The van der Waals surface area contributed by atoms with Crippen LogP contribution in [0.5, 0.6) is 0 Å². The Morgan fingerprint density at radius 1 is 1.33 bits per heavy atom. The highest BCUT2D eigenvalue weighted by Crippen LogP contribution is 2.41. The van der Waals surface area contributed by atoms with Crippen molar-refractivity contribution in [3.63, 3.8) is 0 Å². The molecule has 4 heterocycles. The van der Waals surface area contributed by atoms with E-state index in [-0.39, 0.29) is 6.42 Å². The maximum absolute atomic E-state index is 10.5. The highest BCUT2D eigenvalue weighted by atomic mass is 32.2. The van der Waals surface area contributed by atoms with E-state index in [4.69, 9.17) is 5.11 Å². The number of fused-ring (bicyclic) bond motifs is 3. The zero-order chi connectivity index (χ0) is 14.7. The predicted octanol–water partition coefficient (Wildman–Crippen LogP) is 2.69. The first kappa shape index (κ1) is 15.2. The molecule has 3 saturated heterocycles. The van der Waals surface area contributed by atoms with Crippen LogP contribution in [0, 0.1) is 5.92 Å². The van der Waals surface area contributed by atoms with E-state index < -0.39 is 5.97 Å². The molecule has 0 aromatic carbocycles. The Labute approximate surface area is 133 Å². The summed E-state index contributed by atoms with van der Waals surface area (Å²) in [7, 11) is 0. The summed E-state index contributed by atoms with van der Waals surface area (Å²) in [5, 5.41) is 9.73. The van der Waals surface area contributed by atoms with Crippen LogP contribution in [0.2, 0.25) is 0 Å². The van der Waals surface area contributed by atoms with Crippen LogP contribution < -0.4 is 0 Å². The van der Waals surface area contributed by atoms with Gasteiger partial charge in [-0.3, -0.25) is 4.79 Å². The van der Waals surface area contributed by atoms with Gasteiger partial charge in [-0.1, -0.05) is 0 Å². The van der Waals surface area contributed by atoms with Gasteiger partial charge in [-0.2, -0.15) is 8.75 Å². The topological polar surface area (TPSA) is 66.3 Å². The molecule has 5 nitrogen and oxygen atoms in total. The Balaban J connectivity index is 1.53. The number of thioether (sulfide) groups is 1. The van der Waals surface area contributed by atoms with E-state index in [9.17, 15) is 4.79 Å². The molecule has 3 fully saturated rings. The molecule has 4 rings (SSSR count). The molecule has 7 heteroatoms. The van der Waals surface area contributed by atoms with Crippen LogP contribution in [0.25, 0.3) is 0 Å². The van der Waals surface area contributed by atoms with Crippen LogP contribution in [0.15, 0.2) is 5.03 Å². The van der Waals surface area contributed by atoms with Crippen LogP contribution in [0.4, 0.5) is 0 Å². The minimum atomic E-state index is -0.705. The van der Waals surface area contributed by atoms with Gasteiger partial charge in [0.15, 0.2) is 0 Å². The molecule has 116 valence electrons. The molecule has 1 atom stereocenters. The Morgan fingerprint density at radius 2 is 2.14 bits per heavy atom. The number of carbonyl (C=O) groups is 1. The summed E-state index contributed by atoms with van der Waals surface area (Å²) < 4.78 is 9.04. The van der Waals surface area contributed by atoms with Crippen molar-refractivity contribution in [1.29, 1.82) is 0 Å². The third-order valence-corrected chi connectivity index (χ3v) is 6.24. The average Bonchev–Trinajstić information content (AvgIpc) is 2.96. The van der Waals surface area contributed by atoms with Crippen LogP contribution in [-0.2, 0) is 4.79 Å². The molecule has 21 heavy (non-hydrogen) atoms. The van der Waals surface area contributed by atoms with E-state index in [0.717, 1.165) is 36.1 Å². The van der Waals surface area contributed by atoms with E-state index in [1.54, 1.807) is 11.8 Å². The van der Waals surface area contributed by atoms with Crippen molar-refractivity contribution in [2.45, 2.75) is 43.0 Å². The average molecular weight is 327 g/mol. The second-order valence-corrected chi connectivity index (χ2v) is 7.51. The molecule has 3 aliphatic heterocycles. The molecule has 3 aliphatic rings. The first-order valence-electron chi connectivity index (χ1n) is 7.63. The van der Waals surface area contributed by atoms with Crippen LogP contribution >= 0.6 is 23.5 Å². The zero-order valence-electron chi connectivity index (χ0n) is 12.0. The van der Waals surface area contributed by atoms with Gasteiger partial charge in [0.25, 0.3) is 0 Å². The molecular weight excluding hydrogens is 306 g/mol. The number of rotatable bonds is 7. The van der Waals surface area contributed by atoms with Gasteiger partial charge in [-0.15, -0.1) is 11.8 Å². The van der Waals surface area contributed by atoms with Crippen molar-refractivity contribution in [3.05, 3.63) is 5.69 Å². The molecule has 2 bridgehead atoms. The third-order valence-electron chi connectivity index (χ3n) is 4.51. The summed E-state index contributed by atoms with van der Waals surface area (Å²) in [6, 6.07) is 0. The molecule has 0 aliphatic carbocycles. The van der Waals surface area contributed by atoms with E-state index in [1.807, 2.05) is 0 Å². The highest BCUT2D eigenvalue weighted by Gasteiger charge is 2.37. The molecule has 1 N–H and O–H groups in total. The molecular formula is C14H21N3O2S2. The normalized spacial score (nSPS) is 27.9. The number of hydrogen-bond acceptors (Lipinski definition) is 6. The third kappa shape index (κ3) is 3.76. The highest BCUT2D eigenvalue weighted by molar-refractivity contribution is 7.99. The first-order valence-corrected chi connectivity index (χ1v) is 9.35. The minimum Gasteiger partial charge on any atom is -0.481 e. The van der Waals surface area contributed by atoms with Gasteiger partial charge in [0.2, 0.25) is 0 Å². The van der Waals surface area contributed by atoms with Crippen molar-refractivity contribution >= 4 is 29.5 Å². The Kier molecular flexibility index (Phi) is 5.13. The number of nitrogens with zero attached hydrogens (tertiary/aromatic N) is 3. The van der Waals surface area contributed by atoms with Gasteiger partial charge in [-0.05, 0) is 50.4 Å². The van der Waals surface area contributed by atoms with E-state index in [1.165, 1.54) is 43.4 Å². The molecule has 0 amide bonds. The number of hydrogen-bond donors (Lipinski definition) is 1. The lowest BCUT2D eigenvalue weighted by Crippen LogP contribution is -2.46. The lowest BCUT2D eigenvalue weighted by Gasteiger charge is -2.44. The number of piperidine rings is 3. The van der Waals surface area contributed by atoms with Gasteiger partial charge in [0.1, 0.15) is 5.03 Å². The number of carboxylic acid groups (broad SMARTS) is 1. The predicted molar refractivity (Wildman–Crippen MR) is 84.0 cm³/mol. The minimum absolute atomic E-state index is 0.266. The fourth-order valence-electron chi connectivity index (χ4n) is 3.34. The Bertz CT molecular complexity index is 486. The van der Waals surface area contributed by atoms with Crippen LogP contribution in [0.3, 0.4) is 0 Å². The lowest BCUT2D eigenvalue weighted by atomic mass is 9.78. The maximum atomic E-state index is 10.5. The summed E-state index contributed by atoms with van der Waals surface area (Å²) in [6.45, 7) is 3.63. The zero-order valence-corrected chi connectivity index (χ0v) is 13.7. The fourth-order valence-corrected chi connectivity index (χ4v) is 5.11. The molecule has 1 aromatic rings.